The normalized spacial score (nSPS) is 16.9. The number of nitrogens with one attached hydrogen (secondary N) is 1. The predicted octanol–water partition coefficient (Wildman–Crippen LogP) is 3.65. The van der Waals surface area contributed by atoms with Gasteiger partial charge in [0.05, 0.1) is 18.3 Å². The van der Waals surface area contributed by atoms with E-state index in [-0.39, 0.29) is 6.10 Å². The number of tetrazole rings is 1. The lowest BCUT2D eigenvalue weighted by Gasteiger charge is -2.09. The molecule has 136 valence electrons. The van der Waals surface area contributed by atoms with Gasteiger partial charge < -0.3 is 10.1 Å². The molecule has 3 aromatic rings. The third-order valence-corrected chi connectivity index (χ3v) is 5.90. The molecule has 1 aromatic carbocycles. The monoisotopic (exact) mass is 388 g/mol. The van der Waals surface area contributed by atoms with Gasteiger partial charge in [-0.25, -0.2) is 9.67 Å². The summed E-state index contributed by atoms with van der Waals surface area (Å²) in [4.78, 5) is 4.64. The Morgan fingerprint density at radius 2 is 2.23 bits per heavy atom. The molecule has 3 heterocycles. The summed E-state index contributed by atoms with van der Waals surface area (Å²) < 4.78 is 7.50. The van der Waals surface area contributed by atoms with Gasteiger partial charge in [-0.15, -0.1) is 16.4 Å². The SMILES string of the molecule is Cc1ccc(Nc2nc(CSc3nnnn3C[C@H]3CCCO3)cs2)cc1. The van der Waals surface area contributed by atoms with Crippen molar-refractivity contribution in [2.75, 3.05) is 11.9 Å². The lowest BCUT2D eigenvalue weighted by molar-refractivity contribution is 0.0912. The molecule has 1 N–H and O–H groups in total. The smallest absolute Gasteiger partial charge is 0.209 e. The summed E-state index contributed by atoms with van der Waals surface area (Å²) in [6, 6.07) is 8.29. The van der Waals surface area contributed by atoms with Crippen LogP contribution in [0.5, 0.6) is 0 Å². The van der Waals surface area contributed by atoms with Crippen LogP contribution in [0.25, 0.3) is 0 Å². The molecule has 2 aromatic heterocycles. The number of aromatic nitrogens is 5. The summed E-state index contributed by atoms with van der Waals surface area (Å²) in [5, 5.41) is 19.1. The molecule has 0 saturated carbocycles. The molecule has 1 fully saturated rings. The number of thiazole rings is 1. The maximum absolute atomic E-state index is 5.67. The van der Waals surface area contributed by atoms with Crippen LogP contribution < -0.4 is 5.32 Å². The van der Waals surface area contributed by atoms with E-state index in [1.54, 1.807) is 23.1 Å². The van der Waals surface area contributed by atoms with Gasteiger partial charge in [-0.1, -0.05) is 29.5 Å². The molecule has 1 atom stereocenters. The van der Waals surface area contributed by atoms with Crippen molar-refractivity contribution >= 4 is 33.9 Å². The van der Waals surface area contributed by atoms with Crippen molar-refractivity contribution in [2.24, 2.45) is 0 Å². The van der Waals surface area contributed by atoms with Crippen molar-refractivity contribution in [1.82, 2.24) is 25.2 Å². The quantitative estimate of drug-likeness (QED) is 0.619. The van der Waals surface area contributed by atoms with Crippen molar-refractivity contribution in [2.45, 2.75) is 43.3 Å². The first-order valence-electron chi connectivity index (χ1n) is 8.55. The van der Waals surface area contributed by atoms with Gasteiger partial charge in [0, 0.05) is 23.4 Å². The summed E-state index contributed by atoms with van der Waals surface area (Å²) in [6.45, 7) is 3.63. The fourth-order valence-electron chi connectivity index (χ4n) is 2.73. The first-order valence-corrected chi connectivity index (χ1v) is 10.4. The topological polar surface area (TPSA) is 77.8 Å². The zero-order chi connectivity index (χ0) is 17.8. The molecular weight excluding hydrogens is 368 g/mol. The van der Waals surface area contributed by atoms with E-state index in [0.29, 0.717) is 6.54 Å². The van der Waals surface area contributed by atoms with E-state index in [1.165, 1.54) is 5.56 Å². The van der Waals surface area contributed by atoms with Crippen LogP contribution >= 0.6 is 23.1 Å². The molecule has 0 spiro atoms. The van der Waals surface area contributed by atoms with Crippen LogP contribution in [0.3, 0.4) is 0 Å². The summed E-state index contributed by atoms with van der Waals surface area (Å²) >= 11 is 3.20. The molecule has 0 radical (unpaired) electrons. The Labute approximate surface area is 160 Å². The minimum atomic E-state index is 0.224. The van der Waals surface area contributed by atoms with Crippen molar-refractivity contribution in [3.63, 3.8) is 0 Å². The Morgan fingerprint density at radius 1 is 1.35 bits per heavy atom. The van der Waals surface area contributed by atoms with E-state index < -0.39 is 0 Å². The van der Waals surface area contributed by atoms with Gasteiger partial charge >= 0.3 is 0 Å². The highest BCUT2D eigenvalue weighted by molar-refractivity contribution is 7.98. The average Bonchev–Trinajstić information content (AvgIpc) is 3.39. The number of nitrogens with zero attached hydrogens (tertiary/aromatic N) is 5. The Hall–Kier alpha value is -1.97. The maximum Gasteiger partial charge on any atom is 0.209 e. The minimum Gasteiger partial charge on any atom is -0.376 e. The summed E-state index contributed by atoms with van der Waals surface area (Å²) in [6.07, 6.45) is 2.41. The Kier molecular flexibility index (Phi) is 5.47. The number of rotatable bonds is 7. The van der Waals surface area contributed by atoms with Gasteiger partial charge in [0.15, 0.2) is 5.13 Å². The van der Waals surface area contributed by atoms with E-state index in [9.17, 15) is 0 Å². The summed E-state index contributed by atoms with van der Waals surface area (Å²) in [5.41, 5.74) is 3.30. The van der Waals surface area contributed by atoms with Gasteiger partial charge in [-0.2, -0.15) is 0 Å². The third-order valence-electron chi connectivity index (χ3n) is 4.10. The molecule has 9 heteroatoms. The van der Waals surface area contributed by atoms with Crippen LogP contribution in [0, 0.1) is 6.92 Å². The zero-order valence-electron chi connectivity index (χ0n) is 14.5. The average molecular weight is 389 g/mol. The molecule has 26 heavy (non-hydrogen) atoms. The maximum atomic E-state index is 5.67. The van der Waals surface area contributed by atoms with Crippen molar-refractivity contribution < 1.29 is 4.74 Å². The Bertz CT molecular complexity index is 841. The van der Waals surface area contributed by atoms with E-state index >= 15 is 0 Å². The second-order valence-corrected chi connectivity index (χ2v) is 8.00. The second kappa shape index (κ2) is 8.15. The summed E-state index contributed by atoms with van der Waals surface area (Å²) in [5.74, 6) is 0.734. The largest absolute Gasteiger partial charge is 0.376 e. The molecule has 7 nitrogen and oxygen atoms in total. The van der Waals surface area contributed by atoms with E-state index in [1.807, 2.05) is 4.68 Å². The van der Waals surface area contributed by atoms with Crippen LogP contribution in [0.4, 0.5) is 10.8 Å². The molecule has 0 amide bonds. The van der Waals surface area contributed by atoms with Gasteiger partial charge in [-0.3, -0.25) is 0 Å². The molecule has 0 bridgehead atoms. The highest BCUT2D eigenvalue weighted by Gasteiger charge is 2.19. The fraction of sp³-hybridized carbons (Fsp3) is 0.412. The number of thioether (sulfide) groups is 1. The molecule has 4 rings (SSSR count). The van der Waals surface area contributed by atoms with Crippen LogP contribution in [0.15, 0.2) is 34.8 Å². The van der Waals surface area contributed by atoms with Gasteiger partial charge in [-0.05, 0) is 42.3 Å². The molecular formula is C17H20N6OS2. The van der Waals surface area contributed by atoms with Crippen LogP contribution in [0.2, 0.25) is 0 Å². The lowest BCUT2D eigenvalue weighted by atomic mass is 10.2. The van der Waals surface area contributed by atoms with Gasteiger partial charge in [0.2, 0.25) is 5.16 Å². The van der Waals surface area contributed by atoms with Crippen LogP contribution in [0.1, 0.15) is 24.1 Å². The Morgan fingerprint density at radius 3 is 3.04 bits per heavy atom. The van der Waals surface area contributed by atoms with Crippen molar-refractivity contribution in [1.29, 1.82) is 0 Å². The number of anilines is 2. The third kappa shape index (κ3) is 4.40. The second-order valence-electron chi connectivity index (χ2n) is 6.20. The van der Waals surface area contributed by atoms with Crippen molar-refractivity contribution in [3.05, 3.63) is 40.9 Å². The molecule has 1 aliphatic rings. The van der Waals surface area contributed by atoms with Gasteiger partial charge in [0.1, 0.15) is 0 Å². The fourth-order valence-corrected chi connectivity index (χ4v) is 4.34. The predicted molar refractivity (Wildman–Crippen MR) is 103 cm³/mol. The first kappa shape index (κ1) is 17.4. The van der Waals surface area contributed by atoms with Crippen molar-refractivity contribution in [3.8, 4) is 0 Å². The highest BCUT2D eigenvalue weighted by atomic mass is 32.2. The number of hydrogen-bond acceptors (Lipinski definition) is 8. The van der Waals surface area contributed by atoms with E-state index in [0.717, 1.165) is 46.9 Å². The van der Waals surface area contributed by atoms with Crippen LogP contribution in [-0.2, 0) is 17.0 Å². The standard InChI is InChI=1S/C17H20N6OS2/c1-12-4-6-13(7-5-12)18-16-19-14(10-25-16)11-26-17-20-21-22-23(17)9-15-3-2-8-24-15/h4-7,10,15H,2-3,8-9,11H2,1H3,(H,18,19)/t15-/m1/s1. The lowest BCUT2D eigenvalue weighted by Crippen LogP contribution is -2.16. The molecule has 1 saturated heterocycles. The summed E-state index contributed by atoms with van der Waals surface area (Å²) in [7, 11) is 0. The Balaban J connectivity index is 1.33. The number of aryl methyl sites for hydroxylation is 1. The van der Waals surface area contributed by atoms with Gasteiger partial charge in [0.25, 0.3) is 0 Å². The van der Waals surface area contributed by atoms with E-state index in [4.69, 9.17) is 4.74 Å². The first-order chi connectivity index (χ1) is 12.8. The highest BCUT2D eigenvalue weighted by Crippen LogP contribution is 2.26. The molecule has 1 aliphatic heterocycles. The van der Waals surface area contributed by atoms with E-state index in [2.05, 4.69) is 62.4 Å². The molecule has 0 unspecified atom stereocenters. The van der Waals surface area contributed by atoms with Crippen LogP contribution in [-0.4, -0.2) is 37.9 Å². The zero-order valence-corrected chi connectivity index (χ0v) is 16.1. The number of benzene rings is 1. The number of hydrogen-bond donors (Lipinski definition) is 1. The molecule has 0 aliphatic carbocycles. The minimum absolute atomic E-state index is 0.224. The number of ether oxygens (including phenoxy) is 1.